The fourth-order valence-electron chi connectivity index (χ4n) is 2.10. The van der Waals surface area contributed by atoms with Crippen LogP contribution >= 0.6 is 11.3 Å². The Kier molecular flexibility index (Phi) is 4.55. The summed E-state index contributed by atoms with van der Waals surface area (Å²) >= 11 is 1.37. The third-order valence-corrected chi connectivity index (χ3v) is 4.20. The van der Waals surface area contributed by atoms with Crippen molar-refractivity contribution in [3.8, 4) is 0 Å². The SMILES string of the molecule is CCc1c(C(=O)Nc2cc(C(F)(F)F)ccc2F)csc1C. The smallest absolute Gasteiger partial charge is 0.319 e. The molecule has 0 aliphatic carbocycles. The Labute approximate surface area is 128 Å². The molecule has 0 saturated carbocycles. The summed E-state index contributed by atoms with van der Waals surface area (Å²) in [6.45, 7) is 3.72. The Bertz CT molecular complexity index is 706. The summed E-state index contributed by atoms with van der Waals surface area (Å²) in [6.07, 6.45) is -3.98. The summed E-state index contributed by atoms with van der Waals surface area (Å²) < 4.78 is 51.6. The third kappa shape index (κ3) is 3.30. The summed E-state index contributed by atoms with van der Waals surface area (Å²) in [6, 6.07) is 1.92. The number of carbonyl (C=O) groups excluding carboxylic acids is 1. The van der Waals surface area contributed by atoms with Gasteiger partial charge in [-0.3, -0.25) is 4.79 Å². The van der Waals surface area contributed by atoms with Gasteiger partial charge in [0.2, 0.25) is 0 Å². The molecule has 7 heteroatoms. The summed E-state index contributed by atoms with van der Waals surface area (Å²) in [5, 5.41) is 3.84. The molecule has 0 atom stereocenters. The quantitative estimate of drug-likeness (QED) is 0.785. The van der Waals surface area contributed by atoms with Gasteiger partial charge in [-0.1, -0.05) is 6.92 Å². The molecule has 0 bridgehead atoms. The average molecular weight is 331 g/mol. The predicted molar refractivity (Wildman–Crippen MR) is 77.8 cm³/mol. The number of anilines is 1. The molecule has 1 heterocycles. The van der Waals surface area contributed by atoms with Gasteiger partial charge in [0.1, 0.15) is 5.82 Å². The van der Waals surface area contributed by atoms with E-state index >= 15 is 0 Å². The highest BCUT2D eigenvalue weighted by atomic mass is 32.1. The van der Waals surface area contributed by atoms with Gasteiger partial charge in [0, 0.05) is 10.3 Å². The molecule has 0 radical (unpaired) electrons. The molecule has 0 saturated heterocycles. The highest BCUT2D eigenvalue weighted by molar-refractivity contribution is 7.10. The molecule has 118 valence electrons. The average Bonchev–Trinajstić information content (AvgIpc) is 2.81. The van der Waals surface area contributed by atoms with Crippen LogP contribution in [0.5, 0.6) is 0 Å². The Morgan fingerprint density at radius 3 is 2.59 bits per heavy atom. The van der Waals surface area contributed by atoms with Crippen LogP contribution in [0.2, 0.25) is 0 Å². The van der Waals surface area contributed by atoms with Gasteiger partial charge in [-0.2, -0.15) is 13.2 Å². The van der Waals surface area contributed by atoms with Crippen molar-refractivity contribution in [3.05, 3.63) is 51.0 Å². The monoisotopic (exact) mass is 331 g/mol. The van der Waals surface area contributed by atoms with Crippen LogP contribution in [-0.4, -0.2) is 5.91 Å². The van der Waals surface area contributed by atoms with Crippen molar-refractivity contribution >= 4 is 22.9 Å². The first-order chi connectivity index (χ1) is 10.2. The normalized spacial score (nSPS) is 11.5. The van der Waals surface area contributed by atoms with E-state index in [1.807, 2.05) is 13.8 Å². The lowest BCUT2D eigenvalue weighted by molar-refractivity contribution is -0.137. The lowest BCUT2D eigenvalue weighted by atomic mass is 10.1. The van der Waals surface area contributed by atoms with Crippen LogP contribution in [-0.2, 0) is 12.6 Å². The van der Waals surface area contributed by atoms with Crippen LogP contribution in [0.25, 0.3) is 0 Å². The summed E-state index contributed by atoms with van der Waals surface area (Å²) in [5.74, 6) is -1.52. The number of rotatable bonds is 3. The number of hydrogen-bond acceptors (Lipinski definition) is 2. The Hall–Kier alpha value is -1.89. The van der Waals surface area contributed by atoms with Crippen molar-refractivity contribution in [1.82, 2.24) is 0 Å². The van der Waals surface area contributed by atoms with Crippen LogP contribution in [0.4, 0.5) is 23.2 Å². The molecule has 1 aromatic heterocycles. The van der Waals surface area contributed by atoms with Crippen LogP contribution in [0.3, 0.4) is 0 Å². The fraction of sp³-hybridized carbons (Fsp3) is 0.267. The highest BCUT2D eigenvalue weighted by Gasteiger charge is 2.31. The van der Waals surface area contributed by atoms with Gasteiger partial charge in [0.05, 0.1) is 16.8 Å². The summed E-state index contributed by atoms with van der Waals surface area (Å²) in [4.78, 5) is 13.1. The molecule has 1 N–H and O–H groups in total. The molecule has 0 spiro atoms. The van der Waals surface area contributed by atoms with Gasteiger partial charge >= 0.3 is 6.18 Å². The van der Waals surface area contributed by atoms with Gasteiger partial charge in [0.25, 0.3) is 5.91 Å². The lowest BCUT2D eigenvalue weighted by Gasteiger charge is -2.11. The first-order valence-electron chi connectivity index (χ1n) is 6.49. The summed E-state index contributed by atoms with van der Waals surface area (Å²) in [7, 11) is 0. The van der Waals surface area contributed by atoms with Crippen LogP contribution < -0.4 is 5.32 Å². The van der Waals surface area contributed by atoms with E-state index in [0.29, 0.717) is 30.2 Å². The maximum absolute atomic E-state index is 13.6. The number of aryl methyl sites for hydroxylation is 1. The van der Waals surface area contributed by atoms with E-state index in [2.05, 4.69) is 5.32 Å². The van der Waals surface area contributed by atoms with Crippen LogP contribution in [0, 0.1) is 12.7 Å². The lowest BCUT2D eigenvalue weighted by Crippen LogP contribution is -2.15. The number of halogens is 4. The van der Waals surface area contributed by atoms with E-state index in [9.17, 15) is 22.4 Å². The third-order valence-electron chi connectivity index (χ3n) is 3.24. The van der Waals surface area contributed by atoms with Gasteiger partial charge < -0.3 is 5.32 Å². The largest absolute Gasteiger partial charge is 0.416 e. The van der Waals surface area contributed by atoms with Crippen molar-refractivity contribution in [2.75, 3.05) is 5.32 Å². The van der Waals surface area contributed by atoms with E-state index in [1.165, 1.54) is 11.3 Å². The van der Waals surface area contributed by atoms with Crippen molar-refractivity contribution in [3.63, 3.8) is 0 Å². The van der Waals surface area contributed by atoms with Crippen molar-refractivity contribution in [2.45, 2.75) is 26.4 Å². The number of hydrogen-bond donors (Lipinski definition) is 1. The molecule has 2 nitrogen and oxygen atoms in total. The number of thiophene rings is 1. The maximum atomic E-state index is 13.6. The molecule has 0 aliphatic heterocycles. The number of nitrogens with one attached hydrogen (secondary N) is 1. The topological polar surface area (TPSA) is 29.1 Å². The van der Waals surface area contributed by atoms with E-state index in [1.54, 1.807) is 5.38 Å². The molecule has 0 fully saturated rings. The van der Waals surface area contributed by atoms with Gasteiger partial charge in [0.15, 0.2) is 0 Å². The second-order valence-electron chi connectivity index (χ2n) is 4.68. The molecule has 1 aromatic carbocycles. The Morgan fingerprint density at radius 1 is 1.32 bits per heavy atom. The summed E-state index contributed by atoms with van der Waals surface area (Å²) in [5.41, 5.74) is -0.316. The number of benzene rings is 1. The molecular formula is C15H13F4NOS. The van der Waals surface area contributed by atoms with Crippen molar-refractivity contribution < 1.29 is 22.4 Å². The second kappa shape index (κ2) is 6.08. The van der Waals surface area contributed by atoms with Gasteiger partial charge in [-0.25, -0.2) is 4.39 Å². The minimum Gasteiger partial charge on any atom is -0.319 e. The minimum atomic E-state index is -4.60. The van der Waals surface area contributed by atoms with Gasteiger partial charge in [-0.05, 0) is 37.1 Å². The molecule has 1 amide bonds. The fourth-order valence-corrected chi connectivity index (χ4v) is 3.04. The van der Waals surface area contributed by atoms with Crippen LogP contribution in [0.15, 0.2) is 23.6 Å². The highest BCUT2D eigenvalue weighted by Crippen LogP contribution is 2.32. The maximum Gasteiger partial charge on any atom is 0.416 e. The molecule has 0 unspecified atom stereocenters. The first-order valence-corrected chi connectivity index (χ1v) is 7.37. The Morgan fingerprint density at radius 2 is 2.00 bits per heavy atom. The number of amides is 1. The number of carbonyl (C=O) groups is 1. The molecule has 0 aliphatic rings. The van der Waals surface area contributed by atoms with E-state index < -0.39 is 29.2 Å². The molecular weight excluding hydrogens is 318 g/mol. The zero-order valence-electron chi connectivity index (χ0n) is 11.8. The second-order valence-corrected chi connectivity index (χ2v) is 5.77. The zero-order valence-corrected chi connectivity index (χ0v) is 12.7. The van der Waals surface area contributed by atoms with Crippen LogP contribution in [0.1, 0.15) is 33.3 Å². The predicted octanol–water partition coefficient (Wildman–Crippen LogP) is 5.03. The van der Waals surface area contributed by atoms with E-state index in [-0.39, 0.29) is 0 Å². The molecule has 2 rings (SSSR count). The minimum absolute atomic E-state index is 0.363. The van der Waals surface area contributed by atoms with E-state index in [0.717, 1.165) is 10.4 Å². The van der Waals surface area contributed by atoms with E-state index in [4.69, 9.17) is 0 Å². The first kappa shape index (κ1) is 16.5. The van der Waals surface area contributed by atoms with Gasteiger partial charge in [-0.15, -0.1) is 11.3 Å². The van der Waals surface area contributed by atoms with Crippen molar-refractivity contribution in [1.29, 1.82) is 0 Å². The molecule has 2 aromatic rings. The van der Waals surface area contributed by atoms with Crippen molar-refractivity contribution in [2.24, 2.45) is 0 Å². The number of alkyl halides is 3. The molecule has 22 heavy (non-hydrogen) atoms. The Balaban J connectivity index is 2.32. The standard InChI is InChI=1S/C15H13F4NOS/c1-3-10-8(2)22-7-11(10)14(21)20-13-6-9(15(17,18)19)4-5-12(13)16/h4-7H,3H2,1-2H3,(H,20,21). The zero-order chi connectivity index (χ0) is 16.5.